The van der Waals surface area contributed by atoms with Gasteiger partial charge in [-0.1, -0.05) is 26.8 Å². The van der Waals surface area contributed by atoms with Gasteiger partial charge in [0.1, 0.15) is 5.75 Å². The minimum Gasteiger partial charge on any atom is -0.541 e. The van der Waals surface area contributed by atoms with E-state index in [1.54, 1.807) is 7.11 Å². The summed E-state index contributed by atoms with van der Waals surface area (Å²) in [6.45, 7) is 19.0. The lowest BCUT2D eigenvalue weighted by molar-refractivity contribution is 0.385. The second-order valence-corrected chi connectivity index (χ2v) is 15.7. The summed E-state index contributed by atoms with van der Waals surface area (Å²) in [4.78, 5) is 0. The standard InChI is InChI=1S/C19H35NO3SSi/c1-14(20-24(21)18(2,3)4)15-11-12-16(22-8)17(13-15)23-25(9,10)19(5,6)7/h11-14,20H,1-10H3/t14-,24?/m1/s1. The first-order valence-electron chi connectivity index (χ1n) is 8.74. The SMILES string of the molecule is COc1ccc([C@@H](C)NS(=O)C(C)(C)C)cc1O[Si](C)(C)C(C)(C)C. The van der Waals surface area contributed by atoms with Crippen LogP contribution in [-0.2, 0) is 11.0 Å². The molecule has 0 bridgehead atoms. The van der Waals surface area contributed by atoms with Crippen molar-refractivity contribution in [3.05, 3.63) is 23.8 Å². The fourth-order valence-electron chi connectivity index (χ4n) is 1.88. The van der Waals surface area contributed by atoms with Crippen molar-refractivity contribution in [3.8, 4) is 11.5 Å². The van der Waals surface area contributed by atoms with Crippen molar-refractivity contribution in [2.45, 2.75) is 77.4 Å². The van der Waals surface area contributed by atoms with E-state index in [1.165, 1.54) is 0 Å². The third-order valence-corrected chi connectivity index (χ3v) is 10.7. The van der Waals surface area contributed by atoms with E-state index in [9.17, 15) is 4.21 Å². The van der Waals surface area contributed by atoms with E-state index in [2.05, 4.69) is 38.6 Å². The van der Waals surface area contributed by atoms with E-state index in [0.29, 0.717) is 0 Å². The van der Waals surface area contributed by atoms with Crippen LogP contribution in [0.5, 0.6) is 11.5 Å². The van der Waals surface area contributed by atoms with Gasteiger partial charge in [-0.3, -0.25) is 0 Å². The van der Waals surface area contributed by atoms with Gasteiger partial charge in [-0.2, -0.15) is 0 Å². The van der Waals surface area contributed by atoms with Crippen molar-refractivity contribution >= 4 is 19.3 Å². The molecule has 0 saturated heterocycles. The monoisotopic (exact) mass is 385 g/mol. The average Bonchev–Trinajstić information content (AvgIpc) is 2.44. The second kappa shape index (κ2) is 7.80. The van der Waals surface area contributed by atoms with Crippen molar-refractivity contribution in [2.75, 3.05) is 7.11 Å². The first-order chi connectivity index (χ1) is 11.2. The van der Waals surface area contributed by atoms with Crippen LogP contribution in [0.1, 0.15) is 60.1 Å². The van der Waals surface area contributed by atoms with Crippen LogP contribution in [0.15, 0.2) is 18.2 Å². The van der Waals surface area contributed by atoms with Gasteiger partial charge in [-0.15, -0.1) is 0 Å². The van der Waals surface area contributed by atoms with Gasteiger partial charge < -0.3 is 9.16 Å². The smallest absolute Gasteiger partial charge is 0.250 e. The minimum atomic E-state index is -1.97. The predicted molar refractivity (Wildman–Crippen MR) is 110 cm³/mol. The zero-order valence-electron chi connectivity index (χ0n) is 17.4. The summed E-state index contributed by atoms with van der Waals surface area (Å²) in [5.74, 6) is 1.50. The molecular formula is C19H35NO3SSi. The number of methoxy groups -OCH3 is 1. The van der Waals surface area contributed by atoms with E-state index in [1.807, 2.05) is 45.9 Å². The van der Waals surface area contributed by atoms with Gasteiger partial charge in [0, 0.05) is 6.04 Å². The number of hydrogen-bond acceptors (Lipinski definition) is 3. The van der Waals surface area contributed by atoms with Crippen LogP contribution in [0.2, 0.25) is 18.1 Å². The molecule has 25 heavy (non-hydrogen) atoms. The number of ether oxygens (including phenoxy) is 1. The molecule has 1 N–H and O–H groups in total. The summed E-state index contributed by atoms with van der Waals surface area (Å²) in [6.07, 6.45) is 0. The van der Waals surface area contributed by atoms with Gasteiger partial charge in [-0.25, -0.2) is 8.93 Å². The first-order valence-corrected chi connectivity index (χ1v) is 12.8. The molecule has 0 aliphatic rings. The third kappa shape index (κ3) is 5.83. The van der Waals surface area contributed by atoms with E-state index in [4.69, 9.17) is 9.16 Å². The van der Waals surface area contributed by atoms with Crippen molar-refractivity contribution in [1.29, 1.82) is 0 Å². The molecule has 0 heterocycles. The fourth-order valence-corrected chi connectivity index (χ4v) is 3.70. The topological polar surface area (TPSA) is 47.6 Å². The zero-order chi connectivity index (χ0) is 19.6. The summed E-state index contributed by atoms with van der Waals surface area (Å²) in [5.41, 5.74) is 1.03. The molecule has 0 amide bonds. The van der Waals surface area contributed by atoms with E-state index in [0.717, 1.165) is 17.1 Å². The zero-order valence-corrected chi connectivity index (χ0v) is 19.3. The molecule has 0 aliphatic heterocycles. The Kier molecular flexibility index (Phi) is 6.92. The Hall–Kier alpha value is -0.853. The van der Waals surface area contributed by atoms with E-state index >= 15 is 0 Å². The molecule has 2 atom stereocenters. The maximum Gasteiger partial charge on any atom is 0.250 e. The molecule has 6 heteroatoms. The van der Waals surface area contributed by atoms with Gasteiger partial charge >= 0.3 is 0 Å². The molecule has 144 valence electrons. The summed E-state index contributed by atoms with van der Waals surface area (Å²) < 4.78 is 27.2. The highest BCUT2D eigenvalue weighted by Gasteiger charge is 2.39. The van der Waals surface area contributed by atoms with Crippen LogP contribution in [0.3, 0.4) is 0 Å². The van der Waals surface area contributed by atoms with Crippen LogP contribution in [-0.4, -0.2) is 24.4 Å². The molecule has 0 saturated carbocycles. The molecule has 1 aromatic rings. The van der Waals surface area contributed by atoms with E-state index in [-0.39, 0.29) is 15.8 Å². The molecule has 1 unspecified atom stereocenters. The highest BCUT2D eigenvalue weighted by Crippen LogP contribution is 2.40. The van der Waals surface area contributed by atoms with Gasteiger partial charge in [0.05, 0.1) is 22.8 Å². The van der Waals surface area contributed by atoms with Crippen LogP contribution in [0.25, 0.3) is 0 Å². The lowest BCUT2D eigenvalue weighted by Crippen LogP contribution is -2.44. The van der Waals surface area contributed by atoms with Gasteiger partial charge in [0.25, 0.3) is 8.32 Å². The highest BCUT2D eigenvalue weighted by molar-refractivity contribution is 7.84. The van der Waals surface area contributed by atoms with Crippen LogP contribution >= 0.6 is 0 Å². The molecular weight excluding hydrogens is 350 g/mol. The maximum atomic E-state index is 12.4. The molecule has 0 aromatic heterocycles. The summed E-state index contributed by atoms with van der Waals surface area (Å²) in [6, 6.07) is 5.88. The Morgan fingerprint density at radius 2 is 1.64 bits per heavy atom. The Bertz CT molecular complexity index is 618. The van der Waals surface area contributed by atoms with Gasteiger partial charge in [0.15, 0.2) is 5.75 Å². The Balaban J connectivity index is 3.12. The molecule has 0 fully saturated rings. The average molecular weight is 386 g/mol. The molecule has 0 aliphatic carbocycles. The number of hydrogen-bond donors (Lipinski definition) is 1. The van der Waals surface area contributed by atoms with Crippen LogP contribution in [0.4, 0.5) is 0 Å². The fraction of sp³-hybridized carbons (Fsp3) is 0.684. The van der Waals surface area contributed by atoms with Gasteiger partial charge in [-0.05, 0) is 63.5 Å². The van der Waals surface area contributed by atoms with Crippen molar-refractivity contribution in [2.24, 2.45) is 0 Å². The Morgan fingerprint density at radius 3 is 2.08 bits per heavy atom. The van der Waals surface area contributed by atoms with Crippen LogP contribution in [0, 0.1) is 0 Å². The molecule has 1 aromatic carbocycles. The lowest BCUT2D eigenvalue weighted by atomic mass is 10.1. The normalized spacial score (nSPS) is 15.6. The van der Waals surface area contributed by atoms with Crippen molar-refractivity contribution in [1.82, 2.24) is 4.72 Å². The first kappa shape index (κ1) is 22.2. The summed E-state index contributed by atoms with van der Waals surface area (Å²) >= 11 is 0. The molecule has 0 radical (unpaired) electrons. The Labute approximate surface area is 157 Å². The summed E-state index contributed by atoms with van der Waals surface area (Å²) in [5, 5.41) is 0.103. The maximum absolute atomic E-state index is 12.4. The number of rotatable bonds is 6. The van der Waals surface area contributed by atoms with Crippen molar-refractivity contribution in [3.63, 3.8) is 0 Å². The number of nitrogens with one attached hydrogen (secondary N) is 1. The molecule has 4 nitrogen and oxygen atoms in total. The minimum absolute atomic E-state index is 0.0484. The third-order valence-electron chi connectivity index (χ3n) is 4.70. The summed E-state index contributed by atoms with van der Waals surface area (Å²) in [7, 11) is -1.44. The number of benzene rings is 1. The lowest BCUT2D eigenvalue weighted by Gasteiger charge is -2.37. The second-order valence-electron chi connectivity index (χ2n) is 8.99. The van der Waals surface area contributed by atoms with Crippen LogP contribution < -0.4 is 13.9 Å². The van der Waals surface area contributed by atoms with E-state index < -0.39 is 19.3 Å². The largest absolute Gasteiger partial charge is 0.541 e. The molecule has 0 spiro atoms. The predicted octanol–water partition coefficient (Wildman–Crippen LogP) is 5.19. The quantitative estimate of drug-likeness (QED) is 0.685. The highest BCUT2D eigenvalue weighted by atomic mass is 32.2. The Morgan fingerprint density at radius 1 is 1.08 bits per heavy atom. The van der Waals surface area contributed by atoms with Crippen molar-refractivity contribution < 1.29 is 13.4 Å². The van der Waals surface area contributed by atoms with Gasteiger partial charge in [0.2, 0.25) is 0 Å². The molecule has 1 rings (SSSR count).